The van der Waals surface area contributed by atoms with Crippen LogP contribution in [0.3, 0.4) is 0 Å². The van der Waals surface area contributed by atoms with Gasteiger partial charge in [0.1, 0.15) is 5.58 Å². The Kier molecular flexibility index (Phi) is 3.53. The van der Waals surface area contributed by atoms with Crippen LogP contribution in [0.1, 0.15) is 11.1 Å². The molecular weight excluding hydrogens is 258 g/mol. The lowest BCUT2D eigenvalue weighted by Crippen LogP contribution is -2.12. The van der Waals surface area contributed by atoms with Gasteiger partial charge in [-0.1, -0.05) is 41.9 Å². The third kappa shape index (κ3) is 2.80. The Balaban J connectivity index is 1.65. The molecule has 0 amide bonds. The number of benzene rings is 2. The van der Waals surface area contributed by atoms with E-state index in [1.54, 1.807) is 0 Å². The number of rotatable bonds is 4. The molecule has 0 unspecified atom stereocenters. The highest BCUT2D eigenvalue weighted by atomic mass is 35.5. The number of nitrogens with one attached hydrogen (secondary N) is 1. The van der Waals surface area contributed by atoms with Gasteiger partial charge in [-0.2, -0.15) is 0 Å². The predicted molar refractivity (Wildman–Crippen MR) is 78.2 cm³/mol. The first kappa shape index (κ1) is 12.3. The summed E-state index contributed by atoms with van der Waals surface area (Å²) in [6.45, 7) is 1.61. The lowest BCUT2D eigenvalue weighted by molar-refractivity contribution is 0.602. The van der Waals surface area contributed by atoms with Gasteiger partial charge in [0.25, 0.3) is 0 Å². The number of hydrogen-bond acceptors (Lipinski definition) is 2. The Morgan fingerprint density at radius 1 is 0.947 bits per heavy atom. The van der Waals surface area contributed by atoms with Gasteiger partial charge in [-0.25, -0.2) is 0 Å². The van der Waals surface area contributed by atoms with Gasteiger partial charge in [0.05, 0.1) is 6.26 Å². The summed E-state index contributed by atoms with van der Waals surface area (Å²) in [6, 6.07) is 16.0. The van der Waals surface area contributed by atoms with Gasteiger partial charge in [-0.3, -0.25) is 0 Å². The van der Waals surface area contributed by atoms with Crippen LogP contribution >= 0.6 is 11.6 Å². The molecule has 0 radical (unpaired) electrons. The van der Waals surface area contributed by atoms with Gasteiger partial charge < -0.3 is 9.73 Å². The Morgan fingerprint density at radius 2 is 1.74 bits per heavy atom. The second kappa shape index (κ2) is 5.47. The zero-order chi connectivity index (χ0) is 13.1. The number of hydrogen-bond donors (Lipinski definition) is 1. The van der Waals surface area contributed by atoms with Crippen molar-refractivity contribution in [2.75, 3.05) is 0 Å². The minimum atomic E-state index is 0.768. The first-order valence-electron chi connectivity index (χ1n) is 6.23. The van der Waals surface area contributed by atoms with E-state index in [0.717, 1.165) is 23.7 Å². The topological polar surface area (TPSA) is 25.2 Å². The second-order valence-corrected chi connectivity index (χ2v) is 4.92. The molecular formula is C16H14ClNO. The molecule has 0 aliphatic carbocycles. The van der Waals surface area contributed by atoms with Gasteiger partial charge in [-0.15, -0.1) is 0 Å². The summed E-state index contributed by atoms with van der Waals surface area (Å²) in [5, 5.41) is 5.35. The van der Waals surface area contributed by atoms with Crippen molar-refractivity contribution >= 4 is 22.6 Å². The number of para-hydroxylation sites is 1. The average molecular weight is 272 g/mol. The van der Waals surface area contributed by atoms with E-state index < -0.39 is 0 Å². The number of halogens is 1. The molecule has 0 aliphatic heterocycles. The normalized spacial score (nSPS) is 11.0. The van der Waals surface area contributed by atoms with Crippen LogP contribution in [0.5, 0.6) is 0 Å². The molecule has 19 heavy (non-hydrogen) atoms. The molecule has 1 N–H and O–H groups in total. The van der Waals surface area contributed by atoms with Crippen molar-refractivity contribution in [2.24, 2.45) is 0 Å². The molecule has 2 nitrogen and oxygen atoms in total. The van der Waals surface area contributed by atoms with Crippen molar-refractivity contribution in [3.8, 4) is 0 Å². The third-order valence-corrected chi connectivity index (χ3v) is 3.37. The highest BCUT2D eigenvalue weighted by molar-refractivity contribution is 6.30. The zero-order valence-electron chi connectivity index (χ0n) is 10.4. The van der Waals surface area contributed by atoms with E-state index in [1.807, 2.05) is 48.7 Å². The van der Waals surface area contributed by atoms with Crippen molar-refractivity contribution < 1.29 is 4.42 Å². The lowest BCUT2D eigenvalue weighted by atomic mass is 10.1. The van der Waals surface area contributed by atoms with E-state index in [4.69, 9.17) is 16.0 Å². The quantitative estimate of drug-likeness (QED) is 0.762. The van der Waals surface area contributed by atoms with Crippen molar-refractivity contribution in [2.45, 2.75) is 13.1 Å². The smallest absolute Gasteiger partial charge is 0.134 e. The molecule has 3 heteroatoms. The maximum atomic E-state index is 5.86. The highest BCUT2D eigenvalue weighted by Crippen LogP contribution is 2.20. The predicted octanol–water partition coefficient (Wildman–Crippen LogP) is 4.38. The molecule has 0 saturated heterocycles. The van der Waals surface area contributed by atoms with Crippen LogP contribution in [0, 0.1) is 0 Å². The lowest BCUT2D eigenvalue weighted by Gasteiger charge is -2.04. The molecule has 1 heterocycles. The summed E-state index contributed by atoms with van der Waals surface area (Å²) in [4.78, 5) is 0. The van der Waals surface area contributed by atoms with Crippen molar-refractivity contribution in [3.63, 3.8) is 0 Å². The Hall–Kier alpha value is -1.77. The van der Waals surface area contributed by atoms with Crippen molar-refractivity contribution in [3.05, 3.63) is 70.9 Å². The molecule has 0 atom stereocenters. The van der Waals surface area contributed by atoms with Gasteiger partial charge in [0, 0.05) is 29.1 Å². The molecule has 2 aromatic carbocycles. The van der Waals surface area contributed by atoms with Crippen LogP contribution < -0.4 is 5.32 Å². The zero-order valence-corrected chi connectivity index (χ0v) is 11.2. The average Bonchev–Trinajstić information content (AvgIpc) is 2.85. The van der Waals surface area contributed by atoms with E-state index in [1.165, 1.54) is 16.5 Å². The fourth-order valence-corrected chi connectivity index (χ4v) is 2.24. The van der Waals surface area contributed by atoms with E-state index >= 15 is 0 Å². The van der Waals surface area contributed by atoms with E-state index in [0.29, 0.717) is 0 Å². The standard InChI is InChI=1S/C16H14ClNO/c17-14-7-5-12(6-8-14)9-18-10-13-11-19-16-4-2-1-3-15(13)16/h1-8,11,18H,9-10H2. The highest BCUT2D eigenvalue weighted by Gasteiger charge is 2.04. The van der Waals surface area contributed by atoms with Crippen molar-refractivity contribution in [1.29, 1.82) is 0 Å². The van der Waals surface area contributed by atoms with E-state index in [2.05, 4.69) is 11.4 Å². The molecule has 96 valence electrons. The summed E-state index contributed by atoms with van der Waals surface area (Å²) in [7, 11) is 0. The molecule has 1 aromatic heterocycles. The summed E-state index contributed by atoms with van der Waals surface area (Å²) in [6.07, 6.45) is 1.82. The fraction of sp³-hybridized carbons (Fsp3) is 0.125. The van der Waals surface area contributed by atoms with Crippen LogP contribution in [0.4, 0.5) is 0 Å². The number of furan rings is 1. The van der Waals surface area contributed by atoms with Gasteiger partial charge in [-0.05, 0) is 23.8 Å². The first-order chi connectivity index (χ1) is 9.33. The molecule has 0 saturated carbocycles. The summed E-state index contributed by atoms with van der Waals surface area (Å²) < 4.78 is 5.51. The summed E-state index contributed by atoms with van der Waals surface area (Å²) in [5.41, 5.74) is 3.34. The molecule has 3 aromatic rings. The molecule has 0 aliphatic rings. The maximum Gasteiger partial charge on any atom is 0.134 e. The Bertz CT molecular complexity index is 673. The van der Waals surface area contributed by atoms with Gasteiger partial charge >= 0.3 is 0 Å². The van der Waals surface area contributed by atoms with Crippen LogP contribution in [0.25, 0.3) is 11.0 Å². The summed E-state index contributed by atoms with van der Waals surface area (Å²) in [5.74, 6) is 0. The minimum absolute atomic E-state index is 0.768. The molecule has 0 bridgehead atoms. The number of fused-ring (bicyclic) bond motifs is 1. The van der Waals surface area contributed by atoms with Gasteiger partial charge in [0.15, 0.2) is 0 Å². The van der Waals surface area contributed by atoms with Crippen molar-refractivity contribution in [1.82, 2.24) is 5.32 Å². The monoisotopic (exact) mass is 271 g/mol. The Morgan fingerprint density at radius 3 is 2.58 bits per heavy atom. The first-order valence-corrected chi connectivity index (χ1v) is 6.61. The molecule has 0 fully saturated rings. The van der Waals surface area contributed by atoms with Crippen LogP contribution in [0.2, 0.25) is 5.02 Å². The fourth-order valence-electron chi connectivity index (χ4n) is 2.11. The van der Waals surface area contributed by atoms with Gasteiger partial charge in [0.2, 0.25) is 0 Å². The maximum absolute atomic E-state index is 5.86. The van der Waals surface area contributed by atoms with Crippen LogP contribution in [0.15, 0.2) is 59.2 Å². The third-order valence-electron chi connectivity index (χ3n) is 3.12. The molecule has 0 spiro atoms. The summed E-state index contributed by atoms with van der Waals surface area (Å²) >= 11 is 5.86. The largest absolute Gasteiger partial charge is 0.464 e. The van der Waals surface area contributed by atoms with E-state index in [-0.39, 0.29) is 0 Å². The van der Waals surface area contributed by atoms with Crippen LogP contribution in [-0.4, -0.2) is 0 Å². The van der Waals surface area contributed by atoms with Crippen LogP contribution in [-0.2, 0) is 13.1 Å². The molecule has 3 rings (SSSR count). The Labute approximate surface area is 117 Å². The SMILES string of the molecule is Clc1ccc(CNCc2coc3ccccc23)cc1. The van der Waals surface area contributed by atoms with E-state index in [9.17, 15) is 0 Å². The second-order valence-electron chi connectivity index (χ2n) is 4.49. The minimum Gasteiger partial charge on any atom is -0.464 e.